The Morgan fingerprint density at radius 2 is 1.86 bits per heavy atom. The Bertz CT molecular complexity index is 782. The topological polar surface area (TPSA) is 30.7 Å². The molecule has 1 aromatic carbocycles. The molecule has 0 atom stereocenters. The lowest BCUT2D eigenvalue weighted by molar-refractivity contribution is 0.893. The molecule has 3 nitrogen and oxygen atoms in total. The second kappa shape index (κ2) is 5.53. The Morgan fingerprint density at radius 3 is 2.52 bits per heavy atom. The van der Waals surface area contributed by atoms with E-state index in [1.165, 1.54) is 22.4 Å². The summed E-state index contributed by atoms with van der Waals surface area (Å²) in [4.78, 5) is 9.30. The third-order valence-electron chi connectivity index (χ3n) is 3.52. The van der Waals surface area contributed by atoms with E-state index < -0.39 is 0 Å². The maximum absolute atomic E-state index is 4.75. The summed E-state index contributed by atoms with van der Waals surface area (Å²) < 4.78 is 2.20. The van der Waals surface area contributed by atoms with Crippen LogP contribution >= 0.6 is 11.8 Å². The van der Waals surface area contributed by atoms with Gasteiger partial charge in [-0.15, -0.1) is 0 Å². The lowest BCUT2D eigenvalue weighted by Crippen LogP contribution is -2.03. The van der Waals surface area contributed by atoms with Gasteiger partial charge in [-0.05, 0) is 49.8 Å². The van der Waals surface area contributed by atoms with Crippen LogP contribution in [0.1, 0.15) is 23.6 Å². The summed E-state index contributed by atoms with van der Waals surface area (Å²) in [5, 5.41) is 1.02. The highest BCUT2D eigenvalue weighted by Gasteiger charge is 2.16. The molecule has 4 heteroatoms. The van der Waals surface area contributed by atoms with E-state index in [9.17, 15) is 0 Å². The van der Waals surface area contributed by atoms with Gasteiger partial charge in [0, 0.05) is 6.20 Å². The Hall–Kier alpha value is -1.81. The van der Waals surface area contributed by atoms with Gasteiger partial charge in [0.15, 0.2) is 10.8 Å². The first-order valence-electron chi connectivity index (χ1n) is 7.16. The molecule has 0 amide bonds. The molecule has 0 saturated carbocycles. The number of rotatable bonds is 3. The Labute approximate surface area is 129 Å². The Balaban J connectivity index is 2.36. The first-order valence-corrected chi connectivity index (χ1v) is 8.15. The highest BCUT2D eigenvalue weighted by atomic mass is 32.2. The van der Waals surface area contributed by atoms with Gasteiger partial charge in [0.25, 0.3) is 0 Å². The van der Waals surface area contributed by atoms with E-state index >= 15 is 0 Å². The van der Waals surface area contributed by atoms with Crippen LogP contribution in [0.5, 0.6) is 0 Å². The van der Waals surface area contributed by atoms with Crippen LogP contribution in [0.4, 0.5) is 0 Å². The molecule has 0 N–H and O–H groups in total. The normalized spacial score (nSPS) is 11.2. The van der Waals surface area contributed by atoms with Gasteiger partial charge in [-0.3, -0.25) is 4.57 Å². The van der Waals surface area contributed by atoms with Gasteiger partial charge in [-0.2, -0.15) is 0 Å². The maximum atomic E-state index is 4.75. The summed E-state index contributed by atoms with van der Waals surface area (Å²) in [5.41, 5.74) is 6.90. The van der Waals surface area contributed by atoms with Crippen LogP contribution in [-0.2, 0) is 0 Å². The number of aromatic nitrogens is 3. The minimum atomic E-state index is 0.934. The smallest absolute Gasteiger partial charge is 0.174 e. The third-order valence-corrected chi connectivity index (χ3v) is 4.34. The lowest BCUT2D eigenvalue weighted by Gasteiger charge is -2.15. The number of hydrogen-bond donors (Lipinski definition) is 0. The average molecular weight is 297 g/mol. The molecule has 2 heterocycles. The fourth-order valence-electron chi connectivity index (χ4n) is 2.84. The average Bonchev–Trinajstić information content (AvgIpc) is 2.77. The van der Waals surface area contributed by atoms with Crippen LogP contribution < -0.4 is 0 Å². The van der Waals surface area contributed by atoms with Crippen molar-refractivity contribution in [3.05, 3.63) is 47.2 Å². The SMILES string of the molecule is CCSc1nc2cccnc2n1-c1c(C)cc(C)cc1C. The third kappa shape index (κ3) is 2.44. The molecule has 2 aromatic heterocycles. The second-order valence-electron chi connectivity index (χ2n) is 5.26. The molecule has 0 aliphatic heterocycles. The Kier molecular flexibility index (Phi) is 3.72. The number of pyridine rings is 1. The van der Waals surface area contributed by atoms with Crippen LogP contribution in [0.3, 0.4) is 0 Å². The molecule has 0 spiro atoms. The van der Waals surface area contributed by atoms with Crippen LogP contribution in [0.2, 0.25) is 0 Å². The predicted octanol–water partition coefficient (Wildman–Crippen LogP) is 4.46. The van der Waals surface area contributed by atoms with Crippen LogP contribution in [0.15, 0.2) is 35.6 Å². The van der Waals surface area contributed by atoms with E-state index in [1.54, 1.807) is 11.8 Å². The number of benzene rings is 1. The zero-order valence-corrected chi connectivity index (χ0v) is 13.7. The quantitative estimate of drug-likeness (QED) is 0.669. The molecular weight excluding hydrogens is 278 g/mol. The van der Waals surface area contributed by atoms with Crippen molar-refractivity contribution >= 4 is 22.9 Å². The summed E-state index contributed by atoms with van der Waals surface area (Å²) in [5.74, 6) is 0.993. The van der Waals surface area contributed by atoms with Crippen molar-refractivity contribution in [2.75, 3.05) is 5.75 Å². The molecule has 3 aromatic rings. The van der Waals surface area contributed by atoms with E-state index in [0.717, 1.165) is 22.1 Å². The first kappa shape index (κ1) is 14.1. The molecule has 0 fully saturated rings. The zero-order chi connectivity index (χ0) is 15.0. The molecule has 0 aliphatic rings. The van der Waals surface area contributed by atoms with Crippen molar-refractivity contribution in [2.24, 2.45) is 0 Å². The monoisotopic (exact) mass is 297 g/mol. The van der Waals surface area contributed by atoms with Gasteiger partial charge >= 0.3 is 0 Å². The van der Waals surface area contributed by atoms with Gasteiger partial charge in [-0.25, -0.2) is 9.97 Å². The largest absolute Gasteiger partial charge is 0.271 e. The van der Waals surface area contributed by atoms with Gasteiger partial charge in [0.05, 0.1) is 5.69 Å². The number of aryl methyl sites for hydroxylation is 3. The van der Waals surface area contributed by atoms with Crippen molar-refractivity contribution in [1.82, 2.24) is 14.5 Å². The molecular formula is C17H19N3S. The van der Waals surface area contributed by atoms with E-state index in [2.05, 4.69) is 49.4 Å². The molecule has 0 unspecified atom stereocenters. The van der Waals surface area contributed by atoms with Gasteiger partial charge in [-0.1, -0.05) is 36.4 Å². The number of fused-ring (bicyclic) bond motifs is 1. The molecule has 21 heavy (non-hydrogen) atoms. The van der Waals surface area contributed by atoms with Crippen molar-refractivity contribution in [2.45, 2.75) is 32.9 Å². The fourth-order valence-corrected chi connectivity index (χ4v) is 3.57. The molecule has 0 saturated heterocycles. The number of nitrogens with zero attached hydrogens (tertiary/aromatic N) is 3. The van der Waals surface area contributed by atoms with Crippen molar-refractivity contribution in [3.8, 4) is 5.69 Å². The Morgan fingerprint density at radius 1 is 1.14 bits per heavy atom. The molecule has 3 rings (SSSR count). The van der Waals surface area contributed by atoms with Gasteiger partial charge in [0.2, 0.25) is 0 Å². The molecule has 0 radical (unpaired) electrons. The molecule has 0 bridgehead atoms. The summed E-state index contributed by atoms with van der Waals surface area (Å²) in [6.45, 7) is 8.60. The molecule has 108 valence electrons. The fraction of sp³-hybridized carbons (Fsp3) is 0.294. The van der Waals surface area contributed by atoms with Crippen LogP contribution in [-0.4, -0.2) is 20.3 Å². The number of thioether (sulfide) groups is 1. The van der Waals surface area contributed by atoms with E-state index in [-0.39, 0.29) is 0 Å². The van der Waals surface area contributed by atoms with Crippen molar-refractivity contribution in [1.29, 1.82) is 0 Å². The lowest BCUT2D eigenvalue weighted by atomic mass is 10.1. The summed E-state index contributed by atoms with van der Waals surface area (Å²) in [6, 6.07) is 8.40. The highest BCUT2D eigenvalue weighted by molar-refractivity contribution is 7.99. The standard InChI is InChI=1S/C17H19N3S/c1-5-21-17-19-14-7-6-8-18-16(14)20(17)15-12(3)9-11(2)10-13(15)4/h6-10H,5H2,1-4H3. The van der Waals surface area contributed by atoms with E-state index in [4.69, 9.17) is 4.98 Å². The van der Waals surface area contributed by atoms with Gasteiger partial charge < -0.3 is 0 Å². The minimum Gasteiger partial charge on any atom is -0.271 e. The van der Waals surface area contributed by atoms with E-state index in [0.29, 0.717) is 0 Å². The zero-order valence-electron chi connectivity index (χ0n) is 12.8. The summed E-state index contributed by atoms with van der Waals surface area (Å²) in [6.07, 6.45) is 1.83. The van der Waals surface area contributed by atoms with Gasteiger partial charge in [0.1, 0.15) is 5.52 Å². The molecule has 0 aliphatic carbocycles. The van der Waals surface area contributed by atoms with Crippen LogP contribution in [0, 0.1) is 20.8 Å². The second-order valence-corrected chi connectivity index (χ2v) is 6.49. The predicted molar refractivity (Wildman–Crippen MR) is 89.5 cm³/mol. The minimum absolute atomic E-state index is 0.934. The van der Waals surface area contributed by atoms with E-state index in [1.807, 2.05) is 18.3 Å². The van der Waals surface area contributed by atoms with Crippen molar-refractivity contribution < 1.29 is 0 Å². The first-order chi connectivity index (χ1) is 10.1. The van der Waals surface area contributed by atoms with Crippen molar-refractivity contribution in [3.63, 3.8) is 0 Å². The number of imidazole rings is 1. The number of hydrogen-bond acceptors (Lipinski definition) is 3. The summed E-state index contributed by atoms with van der Waals surface area (Å²) in [7, 11) is 0. The van der Waals surface area contributed by atoms with Crippen LogP contribution in [0.25, 0.3) is 16.9 Å². The summed E-state index contributed by atoms with van der Waals surface area (Å²) >= 11 is 1.76. The maximum Gasteiger partial charge on any atom is 0.174 e. The highest BCUT2D eigenvalue weighted by Crippen LogP contribution is 2.30.